The summed E-state index contributed by atoms with van der Waals surface area (Å²) in [5.41, 5.74) is 1.65. The van der Waals surface area contributed by atoms with Gasteiger partial charge in [0, 0.05) is 18.1 Å². The fourth-order valence-corrected chi connectivity index (χ4v) is 4.57. The van der Waals surface area contributed by atoms with Crippen molar-refractivity contribution in [3.8, 4) is 5.75 Å². The van der Waals surface area contributed by atoms with Gasteiger partial charge in [-0.1, -0.05) is 54.1 Å². The fraction of sp³-hybridized carbons (Fsp3) is 0.208. The van der Waals surface area contributed by atoms with Crippen LogP contribution in [0, 0.1) is 0 Å². The maximum atomic E-state index is 13.3. The highest BCUT2D eigenvalue weighted by molar-refractivity contribution is 7.89. The third-order valence-electron chi connectivity index (χ3n) is 4.70. The first-order valence-electron chi connectivity index (χ1n) is 10.2. The molecule has 0 spiro atoms. The van der Waals surface area contributed by atoms with Crippen molar-refractivity contribution in [2.45, 2.75) is 24.9 Å². The molecule has 0 aliphatic heterocycles. The van der Waals surface area contributed by atoms with E-state index in [9.17, 15) is 13.2 Å². The highest BCUT2D eigenvalue weighted by Crippen LogP contribution is 2.21. The summed E-state index contributed by atoms with van der Waals surface area (Å²) in [6, 6.07) is 22.5. The molecule has 0 aromatic heterocycles. The summed E-state index contributed by atoms with van der Waals surface area (Å²) in [7, 11) is -3.92. The average molecular weight is 473 g/mol. The van der Waals surface area contributed by atoms with Crippen LogP contribution in [0.1, 0.15) is 18.1 Å². The minimum absolute atomic E-state index is 0.0742. The molecular formula is C24H25ClN2O4S. The van der Waals surface area contributed by atoms with Crippen molar-refractivity contribution in [2.24, 2.45) is 0 Å². The minimum Gasteiger partial charge on any atom is -0.494 e. The Morgan fingerprint density at radius 2 is 1.59 bits per heavy atom. The van der Waals surface area contributed by atoms with E-state index in [4.69, 9.17) is 16.3 Å². The van der Waals surface area contributed by atoms with Gasteiger partial charge in [-0.05, 0) is 54.4 Å². The van der Waals surface area contributed by atoms with Crippen molar-refractivity contribution < 1.29 is 17.9 Å². The largest absolute Gasteiger partial charge is 0.494 e. The predicted molar refractivity (Wildman–Crippen MR) is 125 cm³/mol. The Morgan fingerprint density at radius 3 is 2.22 bits per heavy atom. The number of carbonyl (C=O) groups excluding carboxylic acids is 1. The molecule has 3 rings (SSSR count). The van der Waals surface area contributed by atoms with Gasteiger partial charge in [-0.2, -0.15) is 4.31 Å². The second-order valence-electron chi connectivity index (χ2n) is 7.07. The van der Waals surface area contributed by atoms with Crippen LogP contribution in [0.4, 0.5) is 0 Å². The van der Waals surface area contributed by atoms with Gasteiger partial charge >= 0.3 is 0 Å². The van der Waals surface area contributed by atoms with Gasteiger partial charge in [0.25, 0.3) is 0 Å². The summed E-state index contributed by atoms with van der Waals surface area (Å²) >= 11 is 5.89. The molecule has 3 aromatic carbocycles. The maximum Gasteiger partial charge on any atom is 0.243 e. The number of hydrogen-bond donors (Lipinski definition) is 1. The van der Waals surface area contributed by atoms with Gasteiger partial charge in [0.2, 0.25) is 15.9 Å². The van der Waals surface area contributed by atoms with Crippen LogP contribution in [0.3, 0.4) is 0 Å². The molecule has 0 aliphatic carbocycles. The summed E-state index contributed by atoms with van der Waals surface area (Å²) in [5, 5.41) is 3.38. The number of ether oxygens (including phenoxy) is 1. The monoisotopic (exact) mass is 472 g/mol. The van der Waals surface area contributed by atoms with Gasteiger partial charge in [-0.25, -0.2) is 8.42 Å². The van der Waals surface area contributed by atoms with Crippen LogP contribution >= 0.6 is 11.6 Å². The van der Waals surface area contributed by atoms with Crippen molar-refractivity contribution in [2.75, 3.05) is 13.2 Å². The van der Waals surface area contributed by atoms with E-state index in [1.165, 1.54) is 16.4 Å². The van der Waals surface area contributed by atoms with Crippen molar-refractivity contribution in [3.05, 3.63) is 95.0 Å². The van der Waals surface area contributed by atoms with Gasteiger partial charge in [-0.3, -0.25) is 4.79 Å². The Hall–Kier alpha value is -2.87. The highest BCUT2D eigenvalue weighted by atomic mass is 35.5. The van der Waals surface area contributed by atoms with Gasteiger partial charge < -0.3 is 10.1 Å². The van der Waals surface area contributed by atoms with Crippen molar-refractivity contribution >= 4 is 27.5 Å². The molecule has 0 saturated heterocycles. The normalized spacial score (nSPS) is 11.3. The number of nitrogens with one attached hydrogen (secondary N) is 1. The molecule has 0 radical (unpaired) electrons. The molecule has 0 bridgehead atoms. The number of nitrogens with zero attached hydrogens (tertiary/aromatic N) is 1. The van der Waals surface area contributed by atoms with Gasteiger partial charge in [0.1, 0.15) is 5.75 Å². The molecule has 32 heavy (non-hydrogen) atoms. The first-order chi connectivity index (χ1) is 15.4. The molecule has 6 nitrogen and oxygen atoms in total. The molecule has 8 heteroatoms. The molecule has 0 saturated carbocycles. The van der Waals surface area contributed by atoms with E-state index in [1.807, 2.05) is 37.3 Å². The van der Waals surface area contributed by atoms with E-state index in [0.717, 1.165) is 11.1 Å². The van der Waals surface area contributed by atoms with Crippen LogP contribution in [0.15, 0.2) is 83.8 Å². The number of carbonyl (C=O) groups is 1. The standard InChI is InChI=1S/C24H25ClN2O4S/c1-2-31-22-12-14-23(15-13-22)32(29,30)27(17-20-6-4-3-5-7-20)18-24(28)26-16-19-8-10-21(25)11-9-19/h3-15H,2,16-18H2,1H3,(H,26,28). The third-order valence-corrected chi connectivity index (χ3v) is 6.76. The molecule has 1 amide bonds. The number of benzene rings is 3. The minimum atomic E-state index is -3.92. The Morgan fingerprint density at radius 1 is 0.938 bits per heavy atom. The first kappa shape index (κ1) is 23.8. The lowest BCUT2D eigenvalue weighted by Crippen LogP contribution is -2.40. The van der Waals surface area contributed by atoms with Crippen LogP contribution in [-0.4, -0.2) is 31.8 Å². The second-order valence-corrected chi connectivity index (χ2v) is 9.44. The fourth-order valence-electron chi connectivity index (χ4n) is 3.06. The van der Waals surface area contributed by atoms with Crippen LogP contribution in [0.25, 0.3) is 0 Å². The van der Waals surface area contributed by atoms with E-state index in [2.05, 4.69) is 5.32 Å². The van der Waals surface area contributed by atoms with Gasteiger partial charge in [-0.15, -0.1) is 0 Å². The summed E-state index contributed by atoms with van der Waals surface area (Å²) in [6.45, 7) is 2.38. The zero-order valence-corrected chi connectivity index (χ0v) is 19.3. The quantitative estimate of drug-likeness (QED) is 0.478. The zero-order valence-electron chi connectivity index (χ0n) is 17.7. The van der Waals surface area contributed by atoms with Crippen LogP contribution in [0.2, 0.25) is 5.02 Å². The average Bonchev–Trinajstić information content (AvgIpc) is 2.79. The maximum absolute atomic E-state index is 13.3. The topological polar surface area (TPSA) is 75.7 Å². The smallest absolute Gasteiger partial charge is 0.243 e. The van der Waals surface area contributed by atoms with Gasteiger partial charge in [0.05, 0.1) is 18.0 Å². The SMILES string of the molecule is CCOc1ccc(S(=O)(=O)N(CC(=O)NCc2ccc(Cl)cc2)Cc2ccccc2)cc1. The first-order valence-corrected chi connectivity index (χ1v) is 12.0. The van der Waals surface area contributed by atoms with E-state index in [0.29, 0.717) is 17.4 Å². The van der Waals surface area contributed by atoms with Crippen LogP contribution < -0.4 is 10.1 Å². The lowest BCUT2D eigenvalue weighted by atomic mass is 10.2. The van der Waals surface area contributed by atoms with Crippen molar-refractivity contribution in [1.29, 1.82) is 0 Å². The molecule has 1 N–H and O–H groups in total. The summed E-state index contributed by atoms with van der Waals surface area (Å²) in [6.07, 6.45) is 0. The summed E-state index contributed by atoms with van der Waals surface area (Å²) in [5.74, 6) is 0.187. The molecule has 0 unspecified atom stereocenters. The van der Waals surface area contributed by atoms with Crippen LogP contribution in [0.5, 0.6) is 5.75 Å². The Kier molecular flexibility index (Phi) is 8.27. The lowest BCUT2D eigenvalue weighted by molar-refractivity contribution is -0.121. The number of halogens is 1. The third kappa shape index (κ3) is 6.56. The van der Waals surface area contributed by atoms with E-state index < -0.39 is 15.9 Å². The van der Waals surface area contributed by atoms with Crippen molar-refractivity contribution in [1.82, 2.24) is 9.62 Å². The summed E-state index contributed by atoms with van der Waals surface area (Å²) in [4.78, 5) is 12.7. The number of rotatable bonds is 10. The Labute approximate surface area is 193 Å². The molecule has 0 heterocycles. The predicted octanol–water partition coefficient (Wildman–Crippen LogP) is 4.25. The van der Waals surface area contributed by atoms with Crippen LogP contribution in [-0.2, 0) is 27.9 Å². The highest BCUT2D eigenvalue weighted by Gasteiger charge is 2.27. The Bertz CT molecular complexity index is 1120. The number of amides is 1. The van der Waals surface area contributed by atoms with E-state index >= 15 is 0 Å². The summed E-state index contributed by atoms with van der Waals surface area (Å²) < 4.78 is 33.3. The van der Waals surface area contributed by atoms with Crippen molar-refractivity contribution in [3.63, 3.8) is 0 Å². The van der Waals surface area contributed by atoms with Gasteiger partial charge in [0.15, 0.2) is 0 Å². The molecule has 0 atom stereocenters. The number of sulfonamides is 1. The molecule has 168 valence electrons. The van der Waals surface area contributed by atoms with E-state index in [-0.39, 0.29) is 24.5 Å². The van der Waals surface area contributed by atoms with E-state index in [1.54, 1.807) is 36.4 Å². The molecular weight excluding hydrogens is 448 g/mol. The number of hydrogen-bond acceptors (Lipinski definition) is 4. The zero-order chi connectivity index (χ0) is 23.0. The molecule has 0 fully saturated rings. The molecule has 3 aromatic rings. The Balaban J connectivity index is 1.77. The lowest BCUT2D eigenvalue weighted by Gasteiger charge is -2.22. The second kappa shape index (κ2) is 11.1. The molecule has 0 aliphatic rings.